The molecular weight excluding hydrogens is 226 g/mol. The first-order chi connectivity index (χ1) is 8.74. The fourth-order valence-electron chi connectivity index (χ4n) is 2.61. The van der Waals surface area contributed by atoms with Crippen molar-refractivity contribution in [1.29, 1.82) is 0 Å². The highest BCUT2D eigenvalue weighted by atomic mass is 16.5. The van der Waals surface area contributed by atoms with Crippen LogP contribution in [0.4, 0.5) is 0 Å². The molecule has 0 radical (unpaired) electrons. The van der Waals surface area contributed by atoms with E-state index < -0.39 is 0 Å². The number of benzene rings is 1. The monoisotopic (exact) mass is 249 g/mol. The van der Waals surface area contributed by atoms with Crippen LogP contribution in [0.5, 0.6) is 11.5 Å². The molecule has 1 aliphatic heterocycles. The standard InChI is InChI=1S/C15H23NO2/c1-12-6-4-5-9-16(12)11-13-7-8-14(17-2)15(10-13)18-3/h7-8,10,12H,4-6,9,11H2,1-3H3/t12-/m1/s1. The summed E-state index contributed by atoms with van der Waals surface area (Å²) in [5.74, 6) is 1.62. The second-order valence-electron chi connectivity index (χ2n) is 5.00. The van der Waals surface area contributed by atoms with Gasteiger partial charge in [-0.1, -0.05) is 12.5 Å². The SMILES string of the molecule is COc1ccc(CN2CCCC[C@H]2C)cc1OC. The van der Waals surface area contributed by atoms with Crippen molar-refractivity contribution < 1.29 is 9.47 Å². The molecule has 1 fully saturated rings. The van der Waals surface area contributed by atoms with Crippen LogP contribution >= 0.6 is 0 Å². The molecule has 1 saturated heterocycles. The number of piperidine rings is 1. The van der Waals surface area contributed by atoms with Crippen molar-refractivity contribution in [3.05, 3.63) is 23.8 Å². The van der Waals surface area contributed by atoms with E-state index in [0.717, 1.165) is 18.0 Å². The Hall–Kier alpha value is -1.22. The summed E-state index contributed by atoms with van der Waals surface area (Å²) in [5, 5.41) is 0. The van der Waals surface area contributed by atoms with Crippen LogP contribution < -0.4 is 9.47 Å². The predicted octanol–water partition coefficient (Wildman–Crippen LogP) is 3.08. The Morgan fingerprint density at radius 1 is 1.17 bits per heavy atom. The molecule has 0 aromatic heterocycles. The maximum atomic E-state index is 5.35. The van der Waals surface area contributed by atoms with E-state index in [4.69, 9.17) is 9.47 Å². The summed E-state index contributed by atoms with van der Waals surface area (Å²) in [4.78, 5) is 2.55. The van der Waals surface area contributed by atoms with E-state index in [2.05, 4.69) is 24.0 Å². The largest absolute Gasteiger partial charge is 0.493 e. The zero-order valence-electron chi connectivity index (χ0n) is 11.6. The summed E-state index contributed by atoms with van der Waals surface area (Å²) in [6, 6.07) is 6.89. The average molecular weight is 249 g/mol. The lowest BCUT2D eigenvalue weighted by molar-refractivity contribution is 0.152. The zero-order chi connectivity index (χ0) is 13.0. The minimum absolute atomic E-state index is 0.687. The van der Waals surface area contributed by atoms with Gasteiger partial charge in [-0.3, -0.25) is 4.90 Å². The minimum atomic E-state index is 0.687. The highest BCUT2D eigenvalue weighted by Gasteiger charge is 2.18. The van der Waals surface area contributed by atoms with Crippen molar-refractivity contribution in [3.8, 4) is 11.5 Å². The Morgan fingerprint density at radius 3 is 2.61 bits per heavy atom. The van der Waals surface area contributed by atoms with E-state index in [-0.39, 0.29) is 0 Å². The van der Waals surface area contributed by atoms with E-state index in [0.29, 0.717) is 6.04 Å². The molecule has 3 heteroatoms. The quantitative estimate of drug-likeness (QED) is 0.818. The van der Waals surface area contributed by atoms with Crippen LogP contribution in [0.3, 0.4) is 0 Å². The lowest BCUT2D eigenvalue weighted by Gasteiger charge is -2.33. The molecule has 100 valence electrons. The van der Waals surface area contributed by atoms with Crippen LogP contribution in [0.15, 0.2) is 18.2 Å². The van der Waals surface area contributed by atoms with E-state index in [1.165, 1.54) is 31.4 Å². The maximum Gasteiger partial charge on any atom is 0.161 e. The number of nitrogens with zero attached hydrogens (tertiary/aromatic N) is 1. The van der Waals surface area contributed by atoms with E-state index in [9.17, 15) is 0 Å². The summed E-state index contributed by atoms with van der Waals surface area (Å²) in [6.07, 6.45) is 3.99. The van der Waals surface area contributed by atoms with Crippen molar-refractivity contribution in [1.82, 2.24) is 4.90 Å². The van der Waals surface area contributed by atoms with E-state index in [1.54, 1.807) is 14.2 Å². The fraction of sp³-hybridized carbons (Fsp3) is 0.600. The van der Waals surface area contributed by atoms with Crippen molar-refractivity contribution in [2.45, 2.75) is 38.8 Å². The number of rotatable bonds is 4. The third kappa shape index (κ3) is 2.96. The molecule has 0 N–H and O–H groups in total. The molecule has 0 amide bonds. The van der Waals surface area contributed by atoms with Gasteiger partial charge in [0.2, 0.25) is 0 Å². The van der Waals surface area contributed by atoms with Crippen LogP contribution in [-0.2, 0) is 6.54 Å². The minimum Gasteiger partial charge on any atom is -0.493 e. The molecule has 1 heterocycles. The topological polar surface area (TPSA) is 21.7 Å². The molecule has 1 atom stereocenters. The van der Waals surface area contributed by atoms with Gasteiger partial charge >= 0.3 is 0 Å². The number of methoxy groups -OCH3 is 2. The van der Waals surface area contributed by atoms with Crippen molar-refractivity contribution in [3.63, 3.8) is 0 Å². The highest BCUT2D eigenvalue weighted by Crippen LogP contribution is 2.29. The highest BCUT2D eigenvalue weighted by molar-refractivity contribution is 5.42. The van der Waals surface area contributed by atoms with Gasteiger partial charge in [0.15, 0.2) is 11.5 Å². The number of hydrogen-bond donors (Lipinski definition) is 0. The molecule has 0 aliphatic carbocycles. The molecule has 0 saturated carbocycles. The van der Waals surface area contributed by atoms with Gasteiger partial charge < -0.3 is 9.47 Å². The average Bonchev–Trinajstić information content (AvgIpc) is 2.41. The van der Waals surface area contributed by atoms with Gasteiger partial charge in [0.25, 0.3) is 0 Å². The summed E-state index contributed by atoms with van der Waals surface area (Å²) in [5.41, 5.74) is 1.29. The third-order valence-corrected chi connectivity index (χ3v) is 3.77. The van der Waals surface area contributed by atoms with Crippen LogP contribution in [0, 0.1) is 0 Å². The van der Waals surface area contributed by atoms with Gasteiger partial charge in [-0.05, 0) is 44.0 Å². The second-order valence-corrected chi connectivity index (χ2v) is 5.00. The van der Waals surface area contributed by atoms with E-state index >= 15 is 0 Å². The Morgan fingerprint density at radius 2 is 1.94 bits per heavy atom. The molecule has 18 heavy (non-hydrogen) atoms. The van der Waals surface area contributed by atoms with E-state index in [1.807, 2.05) is 6.07 Å². The van der Waals surface area contributed by atoms with Crippen molar-refractivity contribution in [2.75, 3.05) is 20.8 Å². The van der Waals surface area contributed by atoms with Crippen LogP contribution in [0.1, 0.15) is 31.7 Å². The molecule has 3 nitrogen and oxygen atoms in total. The third-order valence-electron chi connectivity index (χ3n) is 3.77. The first-order valence-corrected chi connectivity index (χ1v) is 6.69. The Bertz CT molecular complexity index is 392. The normalized spacial score (nSPS) is 20.7. The zero-order valence-corrected chi connectivity index (χ0v) is 11.6. The number of hydrogen-bond acceptors (Lipinski definition) is 3. The first-order valence-electron chi connectivity index (χ1n) is 6.69. The van der Waals surface area contributed by atoms with Gasteiger partial charge in [0, 0.05) is 12.6 Å². The molecule has 0 spiro atoms. The summed E-state index contributed by atoms with van der Waals surface area (Å²) < 4.78 is 10.6. The lowest BCUT2D eigenvalue weighted by atomic mass is 10.0. The summed E-state index contributed by atoms with van der Waals surface area (Å²) in [6.45, 7) is 4.52. The molecule has 0 unspecified atom stereocenters. The Kier molecular flexibility index (Phi) is 4.48. The van der Waals surface area contributed by atoms with Gasteiger partial charge in [0.1, 0.15) is 0 Å². The molecular formula is C15H23NO2. The van der Waals surface area contributed by atoms with Gasteiger partial charge in [-0.15, -0.1) is 0 Å². The number of likely N-dealkylation sites (tertiary alicyclic amines) is 1. The first kappa shape index (κ1) is 13.2. The number of ether oxygens (including phenoxy) is 2. The molecule has 0 bridgehead atoms. The van der Waals surface area contributed by atoms with Crippen molar-refractivity contribution in [2.24, 2.45) is 0 Å². The lowest BCUT2D eigenvalue weighted by Crippen LogP contribution is -2.36. The summed E-state index contributed by atoms with van der Waals surface area (Å²) in [7, 11) is 3.36. The molecule has 1 aromatic carbocycles. The Labute approximate surface area is 110 Å². The molecule has 1 aliphatic rings. The Balaban J connectivity index is 2.08. The van der Waals surface area contributed by atoms with Crippen molar-refractivity contribution >= 4 is 0 Å². The second kappa shape index (κ2) is 6.10. The maximum absolute atomic E-state index is 5.35. The molecule has 2 rings (SSSR count). The van der Waals surface area contributed by atoms with Crippen LogP contribution in [0.2, 0.25) is 0 Å². The van der Waals surface area contributed by atoms with Crippen LogP contribution in [0.25, 0.3) is 0 Å². The predicted molar refractivity (Wildman–Crippen MR) is 73.3 cm³/mol. The molecule has 1 aromatic rings. The van der Waals surface area contributed by atoms with Crippen LogP contribution in [-0.4, -0.2) is 31.7 Å². The van der Waals surface area contributed by atoms with Gasteiger partial charge in [0.05, 0.1) is 14.2 Å². The van der Waals surface area contributed by atoms with Gasteiger partial charge in [-0.25, -0.2) is 0 Å². The smallest absolute Gasteiger partial charge is 0.161 e. The summed E-state index contributed by atoms with van der Waals surface area (Å²) >= 11 is 0. The van der Waals surface area contributed by atoms with Gasteiger partial charge in [-0.2, -0.15) is 0 Å². The fourth-order valence-corrected chi connectivity index (χ4v) is 2.61.